The number of halogens is 1. The lowest BCUT2D eigenvalue weighted by Gasteiger charge is -2.16. The lowest BCUT2D eigenvalue weighted by Crippen LogP contribution is -2.42. The van der Waals surface area contributed by atoms with Crippen molar-refractivity contribution in [2.75, 3.05) is 19.7 Å². The number of hydrogen-bond donors (Lipinski definition) is 3. The summed E-state index contributed by atoms with van der Waals surface area (Å²) in [5.41, 5.74) is 2.16. The van der Waals surface area contributed by atoms with Gasteiger partial charge in [-0.2, -0.15) is 0 Å². The van der Waals surface area contributed by atoms with Gasteiger partial charge in [-0.15, -0.1) is 35.3 Å². The Kier molecular flexibility index (Phi) is 10.6. The highest BCUT2D eigenvalue weighted by atomic mass is 127. The van der Waals surface area contributed by atoms with Gasteiger partial charge in [0.25, 0.3) is 0 Å². The number of benzene rings is 1. The van der Waals surface area contributed by atoms with Crippen LogP contribution in [-0.2, 0) is 6.54 Å². The standard InChI is InChI=1S/C19H28N4O2S.HI/c1-5-20-19(22-11-18-14(3)23-15(4)26-18)21-10-16(24)12-25-17-8-6-7-13(2)9-17;/h6-9,16,24H,5,10-12H2,1-4H3,(H2,20,21,22);1H. The van der Waals surface area contributed by atoms with Gasteiger partial charge in [0.15, 0.2) is 5.96 Å². The van der Waals surface area contributed by atoms with Crippen LogP contribution in [0.2, 0.25) is 0 Å². The molecule has 6 nitrogen and oxygen atoms in total. The first-order valence-electron chi connectivity index (χ1n) is 8.80. The molecule has 2 rings (SSSR count). The summed E-state index contributed by atoms with van der Waals surface area (Å²) in [5.74, 6) is 1.44. The number of aryl methyl sites for hydroxylation is 3. The number of aliphatic imine (C=N–C) groups is 1. The molecule has 0 amide bonds. The molecule has 2 aromatic rings. The number of aromatic nitrogens is 1. The van der Waals surface area contributed by atoms with E-state index in [9.17, 15) is 5.11 Å². The van der Waals surface area contributed by atoms with E-state index in [-0.39, 0.29) is 30.6 Å². The second kappa shape index (κ2) is 12.1. The van der Waals surface area contributed by atoms with Gasteiger partial charge in [-0.05, 0) is 45.4 Å². The third-order valence-corrected chi connectivity index (χ3v) is 4.72. The summed E-state index contributed by atoms with van der Waals surface area (Å²) >= 11 is 1.66. The molecular formula is C19H29IN4O2S. The van der Waals surface area contributed by atoms with Gasteiger partial charge >= 0.3 is 0 Å². The molecule has 1 heterocycles. The molecule has 0 aliphatic heterocycles. The van der Waals surface area contributed by atoms with Gasteiger partial charge in [0.1, 0.15) is 18.5 Å². The van der Waals surface area contributed by atoms with E-state index in [2.05, 4.69) is 20.6 Å². The minimum atomic E-state index is -0.633. The first-order valence-corrected chi connectivity index (χ1v) is 9.62. The molecular weight excluding hydrogens is 475 g/mol. The Morgan fingerprint density at radius 1 is 1.30 bits per heavy atom. The summed E-state index contributed by atoms with van der Waals surface area (Å²) in [7, 11) is 0. The number of aliphatic hydroxyl groups excluding tert-OH is 1. The Morgan fingerprint density at radius 2 is 2.07 bits per heavy atom. The zero-order valence-electron chi connectivity index (χ0n) is 16.3. The molecule has 3 N–H and O–H groups in total. The van der Waals surface area contributed by atoms with E-state index in [1.54, 1.807) is 11.3 Å². The smallest absolute Gasteiger partial charge is 0.191 e. The lowest BCUT2D eigenvalue weighted by molar-refractivity contribution is 0.110. The van der Waals surface area contributed by atoms with Crippen LogP contribution in [0.3, 0.4) is 0 Å². The molecule has 0 aliphatic carbocycles. The minimum Gasteiger partial charge on any atom is -0.491 e. The fourth-order valence-electron chi connectivity index (χ4n) is 2.38. The van der Waals surface area contributed by atoms with E-state index < -0.39 is 6.10 Å². The monoisotopic (exact) mass is 504 g/mol. The van der Waals surface area contributed by atoms with E-state index in [1.807, 2.05) is 52.0 Å². The minimum absolute atomic E-state index is 0. The Morgan fingerprint density at radius 3 is 2.70 bits per heavy atom. The Bertz CT molecular complexity index is 736. The van der Waals surface area contributed by atoms with Crippen LogP contribution >= 0.6 is 35.3 Å². The maximum absolute atomic E-state index is 10.2. The number of ether oxygens (including phenoxy) is 1. The maximum atomic E-state index is 10.2. The van der Waals surface area contributed by atoms with Crippen molar-refractivity contribution in [2.24, 2.45) is 4.99 Å². The normalized spacial score (nSPS) is 12.3. The van der Waals surface area contributed by atoms with Crippen LogP contribution in [0.1, 0.15) is 28.1 Å². The molecule has 8 heteroatoms. The first-order chi connectivity index (χ1) is 12.5. The summed E-state index contributed by atoms with van der Waals surface area (Å²) < 4.78 is 5.63. The van der Waals surface area contributed by atoms with E-state index in [0.717, 1.165) is 33.4 Å². The molecule has 0 bridgehead atoms. The van der Waals surface area contributed by atoms with Crippen molar-refractivity contribution in [3.05, 3.63) is 45.4 Å². The van der Waals surface area contributed by atoms with Gasteiger partial charge in [-0.25, -0.2) is 9.98 Å². The van der Waals surface area contributed by atoms with Gasteiger partial charge in [-0.3, -0.25) is 0 Å². The van der Waals surface area contributed by atoms with Crippen LogP contribution in [-0.4, -0.2) is 41.9 Å². The number of guanidine groups is 1. The quantitative estimate of drug-likeness (QED) is 0.293. The van der Waals surface area contributed by atoms with Crippen molar-refractivity contribution in [1.29, 1.82) is 0 Å². The zero-order valence-corrected chi connectivity index (χ0v) is 19.4. The molecule has 0 radical (unpaired) electrons. The van der Waals surface area contributed by atoms with Gasteiger partial charge in [-0.1, -0.05) is 12.1 Å². The summed E-state index contributed by atoms with van der Waals surface area (Å²) in [5, 5.41) is 17.5. The molecule has 0 aliphatic rings. The first kappa shape index (κ1) is 23.6. The Hall–Kier alpha value is -1.39. The van der Waals surface area contributed by atoms with E-state index in [4.69, 9.17) is 4.74 Å². The highest BCUT2D eigenvalue weighted by Gasteiger charge is 2.08. The molecule has 150 valence electrons. The second-order valence-corrected chi connectivity index (χ2v) is 7.39. The largest absolute Gasteiger partial charge is 0.491 e. The van der Waals surface area contributed by atoms with Gasteiger partial charge in [0.2, 0.25) is 0 Å². The van der Waals surface area contributed by atoms with E-state index in [0.29, 0.717) is 19.0 Å². The molecule has 1 unspecified atom stereocenters. The van der Waals surface area contributed by atoms with Crippen LogP contribution < -0.4 is 15.4 Å². The van der Waals surface area contributed by atoms with E-state index in [1.165, 1.54) is 0 Å². The molecule has 1 atom stereocenters. The molecule has 0 fully saturated rings. The molecule has 0 spiro atoms. The average molecular weight is 504 g/mol. The Balaban J connectivity index is 0.00000364. The topological polar surface area (TPSA) is 78.8 Å². The number of thiazole rings is 1. The SMILES string of the molecule is CCNC(=NCc1sc(C)nc1C)NCC(O)COc1cccc(C)c1.I. The molecule has 0 saturated carbocycles. The van der Waals surface area contributed by atoms with Crippen LogP contribution in [0, 0.1) is 20.8 Å². The summed E-state index contributed by atoms with van der Waals surface area (Å²) in [6, 6.07) is 7.79. The van der Waals surface area contributed by atoms with Crippen LogP contribution in [0.15, 0.2) is 29.3 Å². The molecule has 1 aromatic heterocycles. The van der Waals surface area contributed by atoms with E-state index >= 15 is 0 Å². The number of nitrogens with zero attached hydrogens (tertiary/aromatic N) is 2. The fourth-order valence-corrected chi connectivity index (χ4v) is 3.25. The van der Waals surface area contributed by atoms with Crippen molar-refractivity contribution in [3.63, 3.8) is 0 Å². The predicted octanol–water partition coefficient (Wildman–Crippen LogP) is 3.18. The number of hydrogen-bond acceptors (Lipinski definition) is 5. The highest BCUT2D eigenvalue weighted by molar-refractivity contribution is 14.0. The molecule has 1 aromatic carbocycles. The van der Waals surface area contributed by atoms with Crippen molar-refractivity contribution < 1.29 is 9.84 Å². The van der Waals surface area contributed by atoms with Crippen molar-refractivity contribution >= 4 is 41.3 Å². The van der Waals surface area contributed by atoms with Gasteiger partial charge in [0, 0.05) is 18.0 Å². The Labute approximate surface area is 182 Å². The van der Waals surface area contributed by atoms with Crippen molar-refractivity contribution in [3.8, 4) is 5.75 Å². The number of aliphatic hydroxyl groups is 1. The molecule has 0 saturated heterocycles. The van der Waals surface area contributed by atoms with Crippen LogP contribution in [0.5, 0.6) is 5.75 Å². The number of nitrogens with one attached hydrogen (secondary N) is 2. The van der Waals surface area contributed by atoms with Gasteiger partial charge < -0.3 is 20.5 Å². The van der Waals surface area contributed by atoms with Crippen molar-refractivity contribution in [1.82, 2.24) is 15.6 Å². The average Bonchev–Trinajstić information content (AvgIpc) is 2.93. The summed E-state index contributed by atoms with van der Waals surface area (Å²) in [6.07, 6.45) is -0.633. The predicted molar refractivity (Wildman–Crippen MR) is 123 cm³/mol. The maximum Gasteiger partial charge on any atom is 0.191 e. The lowest BCUT2D eigenvalue weighted by atomic mass is 10.2. The summed E-state index contributed by atoms with van der Waals surface area (Å²) in [4.78, 5) is 10.1. The zero-order chi connectivity index (χ0) is 18.9. The third kappa shape index (κ3) is 8.44. The molecule has 27 heavy (non-hydrogen) atoms. The second-order valence-electron chi connectivity index (χ2n) is 6.10. The van der Waals surface area contributed by atoms with Crippen molar-refractivity contribution in [2.45, 2.75) is 40.3 Å². The van der Waals surface area contributed by atoms with Crippen LogP contribution in [0.4, 0.5) is 0 Å². The van der Waals surface area contributed by atoms with Crippen LogP contribution in [0.25, 0.3) is 0 Å². The highest BCUT2D eigenvalue weighted by Crippen LogP contribution is 2.17. The summed E-state index contributed by atoms with van der Waals surface area (Å²) in [6.45, 7) is 9.93. The van der Waals surface area contributed by atoms with Gasteiger partial charge in [0.05, 0.1) is 17.2 Å². The fraction of sp³-hybridized carbons (Fsp3) is 0.474. The third-order valence-electron chi connectivity index (χ3n) is 3.66. The number of rotatable bonds is 8.